The van der Waals surface area contributed by atoms with Gasteiger partial charge in [0.25, 0.3) is 0 Å². The maximum atomic E-state index is 3.84. The molecule has 18 heavy (non-hydrogen) atoms. The minimum atomic E-state index is 0.602. The van der Waals surface area contributed by atoms with Crippen LogP contribution in [0.1, 0.15) is 56.2 Å². The van der Waals surface area contributed by atoms with Crippen molar-refractivity contribution < 1.29 is 0 Å². The van der Waals surface area contributed by atoms with E-state index in [9.17, 15) is 0 Å². The van der Waals surface area contributed by atoms with Gasteiger partial charge in [-0.3, -0.25) is 0 Å². The molecule has 1 N–H and O–H groups in total. The van der Waals surface area contributed by atoms with Crippen LogP contribution in [-0.4, -0.2) is 6.54 Å². The molecule has 2 aliphatic carbocycles. The Morgan fingerprint density at radius 2 is 2.00 bits per heavy atom. The fourth-order valence-corrected chi connectivity index (χ4v) is 3.29. The molecule has 0 heterocycles. The molecule has 1 aromatic rings. The summed E-state index contributed by atoms with van der Waals surface area (Å²) in [6.07, 6.45) is 8.23. The second-order valence-electron chi connectivity index (χ2n) is 6.22. The second kappa shape index (κ2) is 5.44. The molecule has 0 radical (unpaired) electrons. The maximum absolute atomic E-state index is 3.84. The number of hydrogen-bond acceptors (Lipinski definition) is 1. The summed E-state index contributed by atoms with van der Waals surface area (Å²) in [5, 5.41) is 3.84. The van der Waals surface area contributed by atoms with Gasteiger partial charge in [0.05, 0.1) is 0 Å². The minimum Gasteiger partial charge on any atom is -0.310 e. The summed E-state index contributed by atoms with van der Waals surface area (Å²) in [7, 11) is 0. The number of fused-ring (bicyclic) bond motifs is 1. The number of aryl methyl sites for hydroxylation is 1. The van der Waals surface area contributed by atoms with E-state index in [2.05, 4.69) is 36.5 Å². The number of nitrogens with one attached hydrogen (secondary N) is 1. The molecule has 1 heteroatoms. The molecule has 2 atom stereocenters. The van der Waals surface area contributed by atoms with Crippen LogP contribution in [0.5, 0.6) is 0 Å². The summed E-state index contributed by atoms with van der Waals surface area (Å²) >= 11 is 0. The molecule has 0 bridgehead atoms. The predicted molar refractivity (Wildman–Crippen MR) is 76.6 cm³/mol. The monoisotopic (exact) mass is 243 g/mol. The Balaban J connectivity index is 1.67. The first kappa shape index (κ1) is 12.2. The van der Waals surface area contributed by atoms with Crippen molar-refractivity contribution in [1.82, 2.24) is 5.32 Å². The molecule has 0 spiro atoms. The van der Waals surface area contributed by atoms with Crippen molar-refractivity contribution in [2.24, 2.45) is 11.8 Å². The first-order valence-electron chi connectivity index (χ1n) is 7.66. The van der Waals surface area contributed by atoms with Crippen LogP contribution in [0.3, 0.4) is 0 Å². The Hall–Kier alpha value is -0.820. The van der Waals surface area contributed by atoms with Gasteiger partial charge in [-0.05, 0) is 61.6 Å². The van der Waals surface area contributed by atoms with Crippen molar-refractivity contribution in [2.75, 3.05) is 6.54 Å². The van der Waals surface area contributed by atoms with Gasteiger partial charge < -0.3 is 5.32 Å². The highest BCUT2D eigenvalue weighted by Crippen LogP contribution is 2.37. The highest BCUT2D eigenvalue weighted by Gasteiger charge is 2.28. The Bertz CT molecular complexity index is 394. The minimum absolute atomic E-state index is 0.602. The fraction of sp³-hybridized carbons (Fsp3) is 0.647. The van der Waals surface area contributed by atoms with Crippen LogP contribution >= 0.6 is 0 Å². The molecule has 1 saturated carbocycles. The van der Waals surface area contributed by atoms with Crippen molar-refractivity contribution in [1.29, 1.82) is 0 Å². The standard InChI is InChI=1S/C17H25N/c1-13(14-10-11-14)12-18-17-9-5-3-7-15-6-2-4-8-16(15)17/h2,4,6,8,13-14,17-18H,3,5,7,9-12H2,1H3. The average molecular weight is 243 g/mol. The van der Waals surface area contributed by atoms with E-state index < -0.39 is 0 Å². The van der Waals surface area contributed by atoms with Crippen molar-refractivity contribution in [3.63, 3.8) is 0 Å². The summed E-state index contributed by atoms with van der Waals surface area (Å²) in [5.74, 6) is 1.87. The molecule has 0 aliphatic heterocycles. The molecule has 1 fully saturated rings. The van der Waals surface area contributed by atoms with E-state index >= 15 is 0 Å². The zero-order chi connectivity index (χ0) is 12.4. The SMILES string of the molecule is CC(CNC1CCCCc2ccccc21)C1CC1. The van der Waals surface area contributed by atoms with Crippen molar-refractivity contribution in [3.8, 4) is 0 Å². The lowest BCUT2D eigenvalue weighted by atomic mass is 9.98. The van der Waals surface area contributed by atoms with Gasteiger partial charge in [0.1, 0.15) is 0 Å². The maximum Gasteiger partial charge on any atom is 0.0323 e. The third-order valence-electron chi connectivity index (χ3n) is 4.73. The Kier molecular flexibility index (Phi) is 3.69. The number of benzene rings is 1. The Morgan fingerprint density at radius 3 is 2.83 bits per heavy atom. The summed E-state index contributed by atoms with van der Waals surface area (Å²) in [6, 6.07) is 9.64. The van der Waals surface area contributed by atoms with Crippen LogP contribution in [0.4, 0.5) is 0 Å². The lowest BCUT2D eigenvalue weighted by Gasteiger charge is -2.21. The van der Waals surface area contributed by atoms with Crippen molar-refractivity contribution >= 4 is 0 Å². The molecule has 2 unspecified atom stereocenters. The van der Waals surface area contributed by atoms with Crippen molar-refractivity contribution in [2.45, 2.75) is 51.5 Å². The smallest absolute Gasteiger partial charge is 0.0323 e. The lowest BCUT2D eigenvalue weighted by molar-refractivity contribution is 0.405. The Labute approximate surface area is 111 Å². The van der Waals surface area contributed by atoms with Gasteiger partial charge in [-0.25, -0.2) is 0 Å². The zero-order valence-electron chi connectivity index (χ0n) is 11.5. The molecule has 0 aromatic heterocycles. The fourth-order valence-electron chi connectivity index (χ4n) is 3.29. The average Bonchev–Trinajstić information content (AvgIpc) is 3.23. The topological polar surface area (TPSA) is 12.0 Å². The van der Waals surface area contributed by atoms with E-state index in [1.807, 2.05) is 0 Å². The first-order chi connectivity index (χ1) is 8.84. The first-order valence-corrected chi connectivity index (χ1v) is 7.66. The largest absolute Gasteiger partial charge is 0.310 e. The predicted octanol–water partition coefficient (Wildman–Crippen LogP) is 4.09. The van der Waals surface area contributed by atoms with Gasteiger partial charge in [0.2, 0.25) is 0 Å². The lowest BCUT2D eigenvalue weighted by Crippen LogP contribution is -2.27. The van der Waals surface area contributed by atoms with E-state index in [4.69, 9.17) is 0 Å². The molecule has 1 nitrogen and oxygen atoms in total. The second-order valence-corrected chi connectivity index (χ2v) is 6.22. The quantitative estimate of drug-likeness (QED) is 0.785. The Morgan fingerprint density at radius 1 is 1.17 bits per heavy atom. The number of rotatable bonds is 4. The molecule has 3 rings (SSSR count). The molecule has 1 aromatic carbocycles. The van der Waals surface area contributed by atoms with Crippen LogP contribution in [0.2, 0.25) is 0 Å². The van der Waals surface area contributed by atoms with Crippen LogP contribution in [0.25, 0.3) is 0 Å². The highest BCUT2D eigenvalue weighted by molar-refractivity contribution is 5.31. The summed E-state index contributed by atoms with van der Waals surface area (Å²) in [6.45, 7) is 3.61. The van der Waals surface area contributed by atoms with E-state index in [-0.39, 0.29) is 0 Å². The van der Waals surface area contributed by atoms with Crippen LogP contribution in [-0.2, 0) is 6.42 Å². The van der Waals surface area contributed by atoms with Crippen LogP contribution in [0, 0.1) is 11.8 Å². The molecule has 2 aliphatic rings. The highest BCUT2D eigenvalue weighted by atomic mass is 14.9. The molecule has 98 valence electrons. The van der Waals surface area contributed by atoms with E-state index in [1.165, 1.54) is 45.1 Å². The van der Waals surface area contributed by atoms with Gasteiger partial charge in [-0.15, -0.1) is 0 Å². The van der Waals surface area contributed by atoms with Gasteiger partial charge in [-0.1, -0.05) is 37.6 Å². The van der Waals surface area contributed by atoms with Crippen LogP contribution in [0.15, 0.2) is 24.3 Å². The van der Waals surface area contributed by atoms with Crippen LogP contribution < -0.4 is 5.32 Å². The molecule has 0 saturated heterocycles. The summed E-state index contributed by atoms with van der Waals surface area (Å²) in [4.78, 5) is 0. The third-order valence-corrected chi connectivity index (χ3v) is 4.73. The zero-order valence-corrected chi connectivity index (χ0v) is 11.5. The van der Waals surface area contributed by atoms with Crippen molar-refractivity contribution in [3.05, 3.63) is 35.4 Å². The van der Waals surface area contributed by atoms with E-state index in [0.717, 1.165) is 11.8 Å². The number of hydrogen-bond donors (Lipinski definition) is 1. The summed E-state index contributed by atoms with van der Waals surface area (Å²) in [5.41, 5.74) is 3.14. The van der Waals surface area contributed by atoms with Gasteiger partial charge in [-0.2, -0.15) is 0 Å². The van der Waals surface area contributed by atoms with E-state index in [0.29, 0.717) is 6.04 Å². The summed E-state index contributed by atoms with van der Waals surface area (Å²) < 4.78 is 0. The molecule has 0 amide bonds. The normalized spacial score (nSPS) is 25.3. The van der Waals surface area contributed by atoms with Gasteiger partial charge in [0.15, 0.2) is 0 Å². The molecular weight excluding hydrogens is 218 g/mol. The third kappa shape index (κ3) is 2.77. The van der Waals surface area contributed by atoms with Gasteiger partial charge >= 0.3 is 0 Å². The molecular formula is C17H25N. The van der Waals surface area contributed by atoms with E-state index in [1.54, 1.807) is 11.1 Å². The van der Waals surface area contributed by atoms with Gasteiger partial charge in [0, 0.05) is 6.04 Å².